The van der Waals surface area contributed by atoms with E-state index in [0.29, 0.717) is 63.4 Å². The van der Waals surface area contributed by atoms with E-state index in [1.165, 1.54) is 18.2 Å². The first-order valence-corrected chi connectivity index (χ1v) is 12.6. The summed E-state index contributed by atoms with van der Waals surface area (Å²) in [7, 11) is 0. The van der Waals surface area contributed by atoms with Crippen molar-refractivity contribution in [2.24, 2.45) is 0 Å². The standard InChI is InChI=1S/C28H29F3N4O3/c29-28(30,31)38-24-7-3-4-20(16-24)18-35-19-33-26(37)27(35)10-13-34(14-11-27)15-12-32-25(36)23-9-8-21-5-1-2-6-22(21)17-23/h1-9,16-17H,10-15,18-19H2,(H,32,36)(H,33,37). The van der Waals surface area contributed by atoms with Gasteiger partial charge in [0.15, 0.2) is 0 Å². The van der Waals surface area contributed by atoms with Crippen LogP contribution < -0.4 is 15.4 Å². The fraction of sp³-hybridized carbons (Fsp3) is 0.357. The van der Waals surface area contributed by atoms with Crippen molar-refractivity contribution in [3.05, 3.63) is 77.9 Å². The number of hydrogen-bond acceptors (Lipinski definition) is 5. The van der Waals surface area contributed by atoms with Crippen LogP contribution in [-0.4, -0.2) is 66.4 Å². The number of likely N-dealkylation sites (tertiary alicyclic amines) is 1. The van der Waals surface area contributed by atoms with Gasteiger partial charge < -0.3 is 20.3 Å². The van der Waals surface area contributed by atoms with Gasteiger partial charge >= 0.3 is 6.36 Å². The first-order valence-electron chi connectivity index (χ1n) is 12.6. The number of halogens is 3. The van der Waals surface area contributed by atoms with Crippen LogP contribution in [0, 0.1) is 0 Å². The molecule has 2 fully saturated rings. The largest absolute Gasteiger partial charge is 0.573 e. The number of alkyl halides is 3. The molecule has 3 aromatic carbocycles. The molecule has 7 nitrogen and oxygen atoms in total. The van der Waals surface area contributed by atoms with Crippen LogP contribution in [0.3, 0.4) is 0 Å². The third kappa shape index (κ3) is 5.76. The summed E-state index contributed by atoms with van der Waals surface area (Å²) in [5.41, 5.74) is 0.553. The topological polar surface area (TPSA) is 73.9 Å². The number of benzene rings is 3. The zero-order chi connectivity index (χ0) is 26.8. The Labute approximate surface area is 218 Å². The van der Waals surface area contributed by atoms with E-state index >= 15 is 0 Å². The third-order valence-electron chi connectivity index (χ3n) is 7.37. The van der Waals surface area contributed by atoms with Crippen LogP contribution in [0.2, 0.25) is 0 Å². The molecule has 5 rings (SSSR count). The number of nitrogens with zero attached hydrogens (tertiary/aromatic N) is 2. The van der Waals surface area contributed by atoms with Crippen molar-refractivity contribution in [2.75, 3.05) is 32.8 Å². The summed E-state index contributed by atoms with van der Waals surface area (Å²) in [5, 5.41) is 7.98. The highest BCUT2D eigenvalue weighted by Crippen LogP contribution is 2.34. The van der Waals surface area contributed by atoms with Gasteiger partial charge in [0, 0.05) is 38.3 Å². The van der Waals surface area contributed by atoms with Crippen molar-refractivity contribution >= 4 is 22.6 Å². The van der Waals surface area contributed by atoms with Crippen LogP contribution in [0.15, 0.2) is 66.7 Å². The molecule has 2 aliphatic rings. The molecule has 0 aliphatic carbocycles. The number of ether oxygens (including phenoxy) is 1. The van der Waals surface area contributed by atoms with Crippen molar-refractivity contribution < 1.29 is 27.5 Å². The molecule has 0 bridgehead atoms. The maximum atomic E-state index is 12.9. The van der Waals surface area contributed by atoms with Gasteiger partial charge in [-0.3, -0.25) is 14.5 Å². The number of piperidine rings is 1. The van der Waals surface area contributed by atoms with E-state index < -0.39 is 11.9 Å². The van der Waals surface area contributed by atoms with E-state index in [9.17, 15) is 22.8 Å². The van der Waals surface area contributed by atoms with E-state index in [2.05, 4.69) is 20.3 Å². The fourth-order valence-electron chi connectivity index (χ4n) is 5.35. The van der Waals surface area contributed by atoms with Crippen LogP contribution in [0.5, 0.6) is 5.75 Å². The van der Waals surface area contributed by atoms with E-state index in [4.69, 9.17) is 0 Å². The maximum absolute atomic E-state index is 12.9. The number of nitrogens with one attached hydrogen (secondary N) is 2. The minimum atomic E-state index is -4.76. The van der Waals surface area contributed by atoms with Crippen molar-refractivity contribution in [3.8, 4) is 5.75 Å². The van der Waals surface area contributed by atoms with Gasteiger partial charge in [-0.2, -0.15) is 0 Å². The molecule has 2 aliphatic heterocycles. The van der Waals surface area contributed by atoms with Crippen molar-refractivity contribution in [1.29, 1.82) is 0 Å². The summed E-state index contributed by atoms with van der Waals surface area (Å²) in [6, 6.07) is 19.4. The number of hydrogen-bond donors (Lipinski definition) is 2. The lowest BCUT2D eigenvalue weighted by Gasteiger charge is -2.42. The summed E-state index contributed by atoms with van der Waals surface area (Å²) in [6.07, 6.45) is -3.57. The van der Waals surface area contributed by atoms with E-state index in [1.807, 2.05) is 47.4 Å². The van der Waals surface area contributed by atoms with Crippen LogP contribution in [-0.2, 0) is 11.3 Å². The molecule has 0 unspecified atom stereocenters. The van der Waals surface area contributed by atoms with Crippen LogP contribution >= 0.6 is 0 Å². The molecule has 0 atom stereocenters. The van der Waals surface area contributed by atoms with Gasteiger partial charge in [0.25, 0.3) is 5.91 Å². The van der Waals surface area contributed by atoms with Crippen molar-refractivity contribution in [3.63, 3.8) is 0 Å². The lowest BCUT2D eigenvalue weighted by Crippen LogP contribution is -2.56. The Morgan fingerprint density at radius 2 is 1.76 bits per heavy atom. The average molecular weight is 527 g/mol. The SMILES string of the molecule is O=C(NCCN1CCC2(CC1)C(=O)NCN2Cc1cccc(OC(F)(F)F)c1)c1ccc2ccccc2c1. The predicted octanol–water partition coefficient (Wildman–Crippen LogP) is 3.89. The van der Waals surface area contributed by atoms with Gasteiger partial charge in [-0.1, -0.05) is 42.5 Å². The highest BCUT2D eigenvalue weighted by Gasteiger charge is 2.49. The Bertz CT molecular complexity index is 1320. The lowest BCUT2D eigenvalue weighted by molar-refractivity contribution is -0.274. The lowest BCUT2D eigenvalue weighted by atomic mass is 9.85. The molecule has 0 saturated carbocycles. The smallest absolute Gasteiger partial charge is 0.406 e. The quantitative estimate of drug-likeness (QED) is 0.489. The van der Waals surface area contributed by atoms with Crippen molar-refractivity contribution in [1.82, 2.24) is 20.4 Å². The Morgan fingerprint density at radius 3 is 2.53 bits per heavy atom. The highest BCUT2D eigenvalue weighted by molar-refractivity contribution is 5.98. The summed E-state index contributed by atoms with van der Waals surface area (Å²) in [4.78, 5) is 29.7. The predicted molar refractivity (Wildman–Crippen MR) is 136 cm³/mol. The molecule has 2 saturated heterocycles. The molecule has 2 amide bonds. The maximum Gasteiger partial charge on any atom is 0.573 e. The summed E-state index contributed by atoms with van der Waals surface area (Å²) in [6.45, 7) is 3.16. The summed E-state index contributed by atoms with van der Waals surface area (Å²) in [5.74, 6) is -0.449. The van der Waals surface area contributed by atoms with Crippen molar-refractivity contribution in [2.45, 2.75) is 31.3 Å². The Morgan fingerprint density at radius 1 is 1.00 bits per heavy atom. The highest BCUT2D eigenvalue weighted by atomic mass is 19.4. The molecular formula is C28H29F3N4O3. The Kier molecular flexibility index (Phi) is 7.27. The molecule has 1 spiro atoms. The molecule has 10 heteroatoms. The average Bonchev–Trinajstić information content (AvgIpc) is 3.18. The van der Waals surface area contributed by atoms with E-state index in [0.717, 1.165) is 10.8 Å². The van der Waals surface area contributed by atoms with Gasteiger partial charge in [-0.15, -0.1) is 13.2 Å². The monoisotopic (exact) mass is 526 g/mol. The second-order valence-corrected chi connectivity index (χ2v) is 9.75. The number of fused-ring (bicyclic) bond motifs is 1. The summed E-state index contributed by atoms with van der Waals surface area (Å²) >= 11 is 0. The first-order chi connectivity index (χ1) is 18.2. The van der Waals surface area contributed by atoms with Gasteiger partial charge in [0.2, 0.25) is 5.91 Å². The zero-order valence-electron chi connectivity index (χ0n) is 20.8. The van der Waals surface area contributed by atoms with E-state index in [1.54, 1.807) is 6.07 Å². The Balaban J connectivity index is 1.14. The second kappa shape index (κ2) is 10.6. The molecule has 3 aromatic rings. The van der Waals surface area contributed by atoms with Gasteiger partial charge in [0.05, 0.1) is 6.67 Å². The molecule has 0 aromatic heterocycles. The molecule has 0 radical (unpaired) electrons. The fourth-order valence-corrected chi connectivity index (χ4v) is 5.35. The van der Waals surface area contributed by atoms with Crippen LogP contribution in [0.25, 0.3) is 10.8 Å². The Hall–Kier alpha value is -3.63. The van der Waals surface area contributed by atoms with Crippen LogP contribution in [0.4, 0.5) is 13.2 Å². The van der Waals surface area contributed by atoms with E-state index in [-0.39, 0.29) is 17.6 Å². The number of rotatable bonds is 7. The molecular weight excluding hydrogens is 497 g/mol. The second-order valence-electron chi connectivity index (χ2n) is 9.75. The number of amides is 2. The minimum absolute atomic E-state index is 0.0514. The third-order valence-corrected chi connectivity index (χ3v) is 7.37. The van der Waals surface area contributed by atoms with Gasteiger partial charge in [0.1, 0.15) is 11.3 Å². The van der Waals surface area contributed by atoms with Gasteiger partial charge in [-0.25, -0.2) is 0 Å². The molecule has 38 heavy (non-hydrogen) atoms. The van der Waals surface area contributed by atoms with Crippen LogP contribution in [0.1, 0.15) is 28.8 Å². The molecule has 2 heterocycles. The minimum Gasteiger partial charge on any atom is -0.406 e. The molecule has 200 valence electrons. The normalized spacial score (nSPS) is 18.0. The first kappa shape index (κ1) is 26.0. The molecule has 2 N–H and O–H groups in total. The van der Waals surface area contributed by atoms with Gasteiger partial charge in [-0.05, 0) is 53.4 Å². The zero-order valence-corrected chi connectivity index (χ0v) is 20.8. The number of carbonyl (C=O) groups excluding carboxylic acids is 2. The summed E-state index contributed by atoms with van der Waals surface area (Å²) < 4.78 is 41.9. The number of carbonyl (C=O) groups is 2.